The summed E-state index contributed by atoms with van der Waals surface area (Å²) in [5, 5.41) is 0.0738. The van der Waals surface area contributed by atoms with Crippen molar-refractivity contribution in [1.29, 1.82) is 0 Å². The number of piperidine rings is 2. The third kappa shape index (κ3) is 7.07. The van der Waals surface area contributed by atoms with Crippen LogP contribution in [0.25, 0.3) is 0 Å². The van der Waals surface area contributed by atoms with Gasteiger partial charge in [-0.05, 0) is 68.6 Å². The van der Waals surface area contributed by atoms with Crippen molar-refractivity contribution in [2.24, 2.45) is 32.3 Å². The Morgan fingerprint density at radius 2 is 1.62 bits per heavy atom. The van der Waals surface area contributed by atoms with Gasteiger partial charge in [0.2, 0.25) is 0 Å². The molecule has 7 nitrogen and oxygen atoms in total. The quantitative estimate of drug-likeness (QED) is 0.358. The summed E-state index contributed by atoms with van der Waals surface area (Å²) >= 11 is 6.28. The number of allylic oxidation sites excluding steroid dienone is 1. The van der Waals surface area contributed by atoms with E-state index in [4.69, 9.17) is 23.1 Å². The monoisotopic (exact) mass is 464 g/mol. The summed E-state index contributed by atoms with van der Waals surface area (Å²) in [6, 6.07) is 0. The number of carbonyl (C=O) groups excluding carboxylic acids is 1. The number of amides is 1. The molecule has 180 valence electrons. The molecule has 2 aliphatic rings. The molecule has 1 spiro atoms. The molecule has 0 unspecified atom stereocenters. The number of hydrogen-bond acceptors (Lipinski definition) is 6. The molecule has 0 bridgehead atoms. The molecule has 2 rings (SSSR count). The second-order valence-electron chi connectivity index (χ2n) is 10.3. The molecule has 0 aromatic heterocycles. The molecule has 1 amide bonds. The number of hydrogen-bond donors (Lipinski definition) is 2. The van der Waals surface area contributed by atoms with Crippen LogP contribution in [0.2, 0.25) is 0 Å². The van der Waals surface area contributed by atoms with E-state index in [-0.39, 0.29) is 28.0 Å². The van der Waals surface area contributed by atoms with E-state index in [0.29, 0.717) is 23.9 Å². The molecule has 4 N–H and O–H groups in total. The lowest BCUT2D eigenvalue weighted by Crippen LogP contribution is -2.49. The fourth-order valence-electron chi connectivity index (χ4n) is 4.40. The van der Waals surface area contributed by atoms with Gasteiger partial charge < -0.3 is 21.3 Å². The van der Waals surface area contributed by atoms with Gasteiger partial charge in [-0.1, -0.05) is 32.4 Å². The SMILES string of the molecule is CN=C/C=C(N)/C(N)=C(\C(=O)N1CCC2(CCN(CCC(C)(C)C)CC2)CC1)C(Cl)=NC. The summed E-state index contributed by atoms with van der Waals surface area (Å²) in [7, 11) is 3.17. The Morgan fingerprint density at radius 3 is 2.12 bits per heavy atom. The number of aliphatic imine (C=N–C) groups is 2. The number of nitrogens with zero attached hydrogens (tertiary/aromatic N) is 4. The van der Waals surface area contributed by atoms with Crippen molar-refractivity contribution in [2.75, 3.05) is 46.8 Å². The fraction of sp³-hybridized carbons (Fsp3) is 0.708. The van der Waals surface area contributed by atoms with E-state index in [2.05, 4.69) is 35.7 Å². The Morgan fingerprint density at radius 1 is 1.06 bits per heavy atom. The van der Waals surface area contributed by atoms with Crippen LogP contribution in [0.1, 0.15) is 52.9 Å². The largest absolute Gasteiger partial charge is 0.397 e. The van der Waals surface area contributed by atoms with Gasteiger partial charge in [-0.25, -0.2) is 0 Å². The first kappa shape index (κ1) is 26.4. The van der Waals surface area contributed by atoms with E-state index < -0.39 is 0 Å². The number of rotatable bonds is 6. The first-order valence-corrected chi connectivity index (χ1v) is 11.9. The van der Waals surface area contributed by atoms with Gasteiger partial charge in [-0.15, -0.1) is 0 Å². The first-order chi connectivity index (χ1) is 15.0. The number of halogens is 1. The molecule has 0 radical (unpaired) electrons. The van der Waals surface area contributed by atoms with Gasteiger partial charge in [0.1, 0.15) is 10.7 Å². The highest BCUT2D eigenvalue weighted by Crippen LogP contribution is 2.41. The molecule has 8 heteroatoms. The molecule has 2 saturated heterocycles. The van der Waals surface area contributed by atoms with Gasteiger partial charge >= 0.3 is 0 Å². The van der Waals surface area contributed by atoms with Crippen LogP contribution < -0.4 is 11.5 Å². The number of carbonyl (C=O) groups is 1. The molecule has 0 aromatic carbocycles. The average molecular weight is 465 g/mol. The topological polar surface area (TPSA) is 100 Å². The maximum atomic E-state index is 13.3. The van der Waals surface area contributed by atoms with Crippen molar-refractivity contribution < 1.29 is 4.79 Å². The third-order valence-corrected chi connectivity index (χ3v) is 7.16. The second kappa shape index (κ2) is 11.3. The summed E-state index contributed by atoms with van der Waals surface area (Å²) in [5.41, 5.74) is 13.5. The number of likely N-dealkylation sites (tertiary alicyclic amines) is 2. The maximum absolute atomic E-state index is 13.3. The second-order valence-corrected chi connectivity index (χ2v) is 10.6. The van der Waals surface area contributed by atoms with Gasteiger partial charge in [-0.2, -0.15) is 0 Å². The number of nitrogens with two attached hydrogens (primary N) is 2. The Kier molecular flexibility index (Phi) is 9.34. The lowest BCUT2D eigenvalue weighted by molar-refractivity contribution is -0.129. The van der Waals surface area contributed by atoms with Gasteiger partial charge in [0, 0.05) is 33.4 Å². The minimum absolute atomic E-state index is 0.0738. The third-order valence-electron chi connectivity index (χ3n) is 6.81. The van der Waals surface area contributed by atoms with Crippen LogP contribution in [0.4, 0.5) is 0 Å². The predicted molar refractivity (Wildman–Crippen MR) is 135 cm³/mol. The van der Waals surface area contributed by atoms with Crippen molar-refractivity contribution in [2.45, 2.75) is 52.9 Å². The summed E-state index contributed by atoms with van der Waals surface area (Å²) in [5.74, 6) is -0.208. The molecule has 32 heavy (non-hydrogen) atoms. The van der Waals surface area contributed by atoms with Gasteiger partial charge in [-0.3, -0.25) is 14.8 Å². The fourth-order valence-corrected chi connectivity index (χ4v) is 4.58. The lowest BCUT2D eigenvalue weighted by atomic mass is 9.71. The van der Waals surface area contributed by atoms with Crippen molar-refractivity contribution in [3.63, 3.8) is 0 Å². The van der Waals surface area contributed by atoms with E-state index in [9.17, 15) is 4.79 Å². The highest BCUT2D eigenvalue weighted by atomic mass is 35.5. The van der Waals surface area contributed by atoms with E-state index in [1.54, 1.807) is 13.1 Å². The van der Waals surface area contributed by atoms with Gasteiger partial charge in [0.25, 0.3) is 5.91 Å². The van der Waals surface area contributed by atoms with Crippen molar-refractivity contribution in [1.82, 2.24) is 9.80 Å². The minimum atomic E-state index is -0.208. The first-order valence-electron chi connectivity index (χ1n) is 11.5. The van der Waals surface area contributed by atoms with E-state index in [0.717, 1.165) is 25.9 Å². The van der Waals surface area contributed by atoms with Crippen LogP contribution in [0, 0.1) is 10.8 Å². The molecule has 0 atom stereocenters. The smallest absolute Gasteiger partial charge is 0.259 e. The van der Waals surface area contributed by atoms with Crippen molar-refractivity contribution in [3.05, 3.63) is 23.0 Å². The minimum Gasteiger partial charge on any atom is -0.397 e. The maximum Gasteiger partial charge on any atom is 0.259 e. The molecule has 0 aliphatic carbocycles. The molecule has 2 heterocycles. The summed E-state index contributed by atoms with van der Waals surface area (Å²) < 4.78 is 0. The summed E-state index contributed by atoms with van der Waals surface area (Å²) in [4.78, 5) is 25.6. The van der Waals surface area contributed by atoms with Crippen LogP contribution >= 0.6 is 11.6 Å². The Bertz CT molecular complexity index is 775. The van der Waals surface area contributed by atoms with E-state index >= 15 is 0 Å². The Hall–Kier alpha value is -1.86. The average Bonchev–Trinajstić information content (AvgIpc) is 2.76. The van der Waals surface area contributed by atoms with Gasteiger partial charge in [0.05, 0.1) is 11.4 Å². The zero-order valence-electron chi connectivity index (χ0n) is 20.5. The molecule has 0 saturated carbocycles. The molecule has 0 aromatic rings. The normalized spacial score (nSPS) is 21.9. The highest BCUT2D eigenvalue weighted by molar-refractivity contribution is 6.72. The van der Waals surface area contributed by atoms with E-state index in [1.165, 1.54) is 39.1 Å². The van der Waals surface area contributed by atoms with Crippen LogP contribution in [-0.2, 0) is 4.79 Å². The Labute approximate surface area is 198 Å². The van der Waals surface area contributed by atoms with Crippen LogP contribution in [0.5, 0.6) is 0 Å². The lowest BCUT2D eigenvalue weighted by Gasteiger charge is -2.47. The van der Waals surface area contributed by atoms with E-state index in [1.807, 2.05) is 4.90 Å². The van der Waals surface area contributed by atoms with Crippen LogP contribution in [0.3, 0.4) is 0 Å². The molecular formula is C24H41ClN6O. The predicted octanol–water partition coefficient (Wildman–Crippen LogP) is 3.15. The Balaban J connectivity index is 2.03. The summed E-state index contributed by atoms with van der Waals surface area (Å²) in [6.07, 6.45) is 8.73. The molecular weight excluding hydrogens is 424 g/mol. The van der Waals surface area contributed by atoms with Gasteiger partial charge in [0.15, 0.2) is 0 Å². The summed E-state index contributed by atoms with van der Waals surface area (Å²) in [6.45, 7) is 11.8. The van der Waals surface area contributed by atoms with Crippen LogP contribution in [-0.4, -0.2) is 73.9 Å². The zero-order chi connectivity index (χ0) is 23.9. The highest BCUT2D eigenvalue weighted by Gasteiger charge is 2.39. The standard InChI is InChI=1S/C24H41ClN6O/c1-23(2,3)7-13-30-14-8-24(9-15-30)10-16-31(17-11-24)22(32)19(21(25)29-5)20(27)18(26)6-12-28-4/h6,12H,7-11,13-17,26-27H2,1-5H3/b18-6-,20-19+,28-12?,29-21?. The molecule has 2 fully saturated rings. The van der Waals surface area contributed by atoms with Crippen LogP contribution in [0.15, 0.2) is 33.0 Å². The van der Waals surface area contributed by atoms with Crippen molar-refractivity contribution >= 4 is 28.9 Å². The van der Waals surface area contributed by atoms with Crippen molar-refractivity contribution in [3.8, 4) is 0 Å². The molecule has 2 aliphatic heterocycles. The zero-order valence-corrected chi connectivity index (χ0v) is 21.2.